The number of rotatable bonds is 8. The van der Waals surface area contributed by atoms with E-state index in [1.807, 2.05) is 18.7 Å². The number of hydrogen-bond donors (Lipinski definition) is 2. The summed E-state index contributed by atoms with van der Waals surface area (Å²) >= 11 is 0. The minimum absolute atomic E-state index is 0.0179. The minimum Gasteiger partial charge on any atom is -0.476 e. The molecule has 0 unspecified atom stereocenters. The monoisotopic (exact) mass is 269 g/mol. The number of carboxylic acids is 1. The third-order valence-electron chi connectivity index (χ3n) is 2.47. The molecule has 0 amide bonds. The van der Waals surface area contributed by atoms with Crippen LogP contribution in [0.4, 0.5) is 5.82 Å². The fraction of sp³-hybridized carbons (Fsp3) is 0.583. The number of aromatic carboxylic acids is 1. The van der Waals surface area contributed by atoms with Gasteiger partial charge < -0.3 is 19.8 Å². The van der Waals surface area contributed by atoms with Crippen molar-refractivity contribution in [3.63, 3.8) is 0 Å². The lowest BCUT2D eigenvalue weighted by Crippen LogP contribution is -2.35. The Bertz CT molecular complexity index is 412. The second-order valence-electron chi connectivity index (χ2n) is 4.19. The van der Waals surface area contributed by atoms with Crippen LogP contribution < -0.4 is 4.90 Å². The SMILES string of the molecule is CC(C)N(CCOCCO)c1cncc(C(=O)O)n1. The Hall–Kier alpha value is -1.73. The molecular formula is C12H19N3O4. The van der Waals surface area contributed by atoms with Crippen LogP contribution in [0.15, 0.2) is 12.4 Å². The van der Waals surface area contributed by atoms with Gasteiger partial charge in [0.1, 0.15) is 5.82 Å². The van der Waals surface area contributed by atoms with Crippen LogP contribution in [0, 0.1) is 0 Å². The largest absolute Gasteiger partial charge is 0.476 e. The van der Waals surface area contributed by atoms with E-state index in [1.54, 1.807) is 0 Å². The van der Waals surface area contributed by atoms with Crippen molar-refractivity contribution in [1.82, 2.24) is 9.97 Å². The van der Waals surface area contributed by atoms with Gasteiger partial charge in [-0.25, -0.2) is 9.78 Å². The Labute approximate surface area is 111 Å². The van der Waals surface area contributed by atoms with Crippen molar-refractivity contribution in [3.05, 3.63) is 18.1 Å². The smallest absolute Gasteiger partial charge is 0.356 e. The predicted molar refractivity (Wildman–Crippen MR) is 69.4 cm³/mol. The number of aromatic nitrogens is 2. The van der Waals surface area contributed by atoms with Gasteiger partial charge in [0.2, 0.25) is 0 Å². The number of anilines is 1. The van der Waals surface area contributed by atoms with E-state index in [-0.39, 0.29) is 24.9 Å². The average Bonchev–Trinajstić information content (AvgIpc) is 2.38. The highest BCUT2D eigenvalue weighted by Gasteiger charge is 2.14. The van der Waals surface area contributed by atoms with E-state index in [0.29, 0.717) is 19.0 Å². The summed E-state index contributed by atoms with van der Waals surface area (Å²) in [7, 11) is 0. The first-order valence-electron chi connectivity index (χ1n) is 6.07. The van der Waals surface area contributed by atoms with Crippen LogP contribution in [0.2, 0.25) is 0 Å². The first-order valence-corrected chi connectivity index (χ1v) is 6.07. The third-order valence-corrected chi connectivity index (χ3v) is 2.47. The van der Waals surface area contributed by atoms with Crippen LogP contribution >= 0.6 is 0 Å². The van der Waals surface area contributed by atoms with Gasteiger partial charge in [-0.15, -0.1) is 0 Å². The molecule has 19 heavy (non-hydrogen) atoms. The van der Waals surface area contributed by atoms with Crippen LogP contribution in [0.5, 0.6) is 0 Å². The maximum Gasteiger partial charge on any atom is 0.356 e. The van der Waals surface area contributed by atoms with Crippen molar-refractivity contribution in [3.8, 4) is 0 Å². The topological polar surface area (TPSA) is 95.8 Å². The molecule has 1 heterocycles. The Kier molecular flexibility index (Phi) is 6.17. The van der Waals surface area contributed by atoms with Crippen molar-refractivity contribution in [2.24, 2.45) is 0 Å². The summed E-state index contributed by atoms with van der Waals surface area (Å²) in [5.41, 5.74) is -0.0839. The summed E-state index contributed by atoms with van der Waals surface area (Å²) in [5.74, 6) is -0.600. The molecule has 0 saturated carbocycles. The Balaban J connectivity index is 2.75. The van der Waals surface area contributed by atoms with Gasteiger partial charge in [-0.2, -0.15) is 0 Å². The van der Waals surface area contributed by atoms with Crippen molar-refractivity contribution < 1.29 is 19.7 Å². The summed E-state index contributed by atoms with van der Waals surface area (Å²) in [4.78, 5) is 20.7. The highest BCUT2D eigenvalue weighted by Crippen LogP contribution is 2.13. The fourth-order valence-electron chi connectivity index (χ4n) is 1.56. The fourth-order valence-corrected chi connectivity index (χ4v) is 1.56. The molecule has 0 aliphatic rings. The maximum absolute atomic E-state index is 10.9. The molecule has 7 heteroatoms. The molecule has 0 atom stereocenters. The molecule has 0 radical (unpaired) electrons. The Morgan fingerprint density at radius 1 is 1.42 bits per heavy atom. The zero-order valence-electron chi connectivity index (χ0n) is 11.1. The normalized spacial score (nSPS) is 10.7. The summed E-state index contributed by atoms with van der Waals surface area (Å²) in [5, 5.41) is 17.5. The zero-order chi connectivity index (χ0) is 14.3. The summed E-state index contributed by atoms with van der Waals surface area (Å²) in [6.07, 6.45) is 2.74. The second-order valence-corrected chi connectivity index (χ2v) is 4.19. The van der Waals surface area contributed by atoms with Crippen LogP contribution in [0.1, 0.15) is 24.3 Å². The lowest BCUT2D eigenvalue weighted by Gasteiger charge is -2.27. The Morgan fingerprint density at radius 3 is 2.74 bits per heavy atom. The molecule has 0 fully saturated rings. The molecular weight excluding hydrogens is 250 g/mol. The molecule has 1 aromatic rings. The molecule has 1 aromatic heterocycles. The van der Waals surface area contributed by atoms with Gasteiger partial charge in [-0.1, -0.05) is 0 Å². The van der Waals surface area contributed by atoms with E-state index < -0.39 is 5.97 Å². The van der Waals surface area contributed by atoms with Crippen LogP contribution in [-0.4, -0.2) is 58.6 Å². The highest BCUT2D eigenvalue weighted by atomic mass is 16.5. The van der Waals surface area contributed by atoms with Crippen molar-refractivity contribution in [1.29, 1.82) is 0 Å². The number of nitrogens with zero attached hydrogens (tertiary/aromatic N) is 3. The van der Waals surface area contributed by atoms with Crippen LogP contribution in [0.3, 0.4) is 0 Å². The maximum atomic E-state index is 10.9. The van der Waals surface area contributed by atoms with Gasteiger partial charge in [0.05, 0.1) is 32.2 Å². The van der Waals surface area contributed by atoms with Gasteiger partial charge in [0, 0.05) is 12.6 Å². The van der Waals surface area contributed by atoms with Gasteiger partial charge in [-0.3, -0.25) is 4.98 Å². The van der Waals surface area contributed by atoms with Gasteiger partial charge in [0.25, 0.3) is 0 Å². The van der Waals surface area contributed by atoms with Crippen molar-refractivity contribution in [2.75, 3.05) is 31.3 Å². The number of aliphatic hydroxyl groups excluding tert-OH is 1. The van der Waals surface area contributed by atoms with Crippen molar-refractivity contribution in [2.45, 2.75) is 19.9 Å². The van der Waals surface area contributed by atoms with Crippen LogP contribution in [-0.2, 0) is 4.74 Å². The molecule has 0 aliphatic carbocycles. The molecule has 1 rings (SSSR count). The second kappa shape index (κ2) is 7.65. The first-order chi connectivity index (χ1) is 9.06. The average molecular weight is 269 g/mol. The highest BCUT2D eigenvalue weighted by molar-refractivity contribution is 5.85. The minimum atomic E-state index is -1.10. The van der Waals surface area contributed by atoms with E-state index in [9.17, 15) is 4.79 Å². The van der Waals surface area contributed by atoms with Crippen molar-refractivity contribution >= 4 is 11.8 Å². The van der Waals surface area contributed by atoms with E-state index in [1.165, 1.54) is 12.4 Å². The predicted octanol–water partition coefficient (Wildman–Crippen LogP) is 0.399. The van der Waals surface area contributed by atoms with E-state index in [4.69, 9.17) is 14.9 Å². The number of aliphatic hydroxyl groups is 1. The molecule has 0 aliphatic heterocycles. The lowest BCUT2D eigenvalue weighted by molar-refractivity contribution is 0.0690. The first kappa shape index (κ1) is 15.3. The molecule has 7 nitrogen and oxygen atoms in total. The van der Waals surface area contributed by atoms with Gasteiger partial charge in [0.15, 0.2) is 5.69 Å². The molecule has 106 valence electrons. The summed E-state index contributed by atoms with van der Waals surface area (Å²) in [6.45, 7) is 5.19. The summed E-state index contributed by atoms with van der Waals surface area (Å²) in [6, 6.07) is 0.135. The third kappa shape index (κ3) is 4.80. The molecule has 0 saturated heterocycles. The lowest BCUT2D eigenvalue weighted by atomic mass is 10.3. The van der Waals surface area contributed by atoms with Crippen LogP contribution in [0.25, 0.3) is 0 Å². The van der Waals surface area contributed by atoms with Gasteiger partial charge >= 0.3 is 5.97 Å². The Morgan fingerprint density at radius 2 is 2.16 bits per heavy atom. The number of ether oxygens (including phenoxy) is 1. The number of hydrogen-bond acceptors (Lipinski definition) is 6. The number of carbonyl (C=O) groups is 1. The zero-order valence-corrected chi connectivity index (χ0v) is 11.1. The molecule has 0 bridgehead atoms. The standard InChI is InChI=1S/C12H19N3O4/c1-9(2)15(3-5-19-6-4-16)11-8-13-7-10(14-11)12(17)18/h7-9,16H,3-6H2,1-2H3,(H,17,18). The quantitative estimate of drug-likeness (QED) is 0.659. The molecule has 2 N–H and O–H groups in total. The van der Waals surface area contributed by atoms with E-state index in [0.717, 1.165) is 0 Å². The van der Waals surface area contributed by atoms with E-state index in [2.05, 4.69) is 9.97 Å². The van der Waals surface area contributed by atoms with E-state index >= 15 is 0 Å². The number of carboxylic acid groups (broad SMARTS) is 1. The molecule has 0 spiro atoms. The molecule has 0 aromatic carbocycles. The van der Waals surface area contributed by atoms with Gasteiger partial charge in [-0.05, 0) is 13.8 Å². The summed E-state index contributed by atoms with van der Waals surface area (Å²) < 4.78 is 5.21.